The molecule has 0 amide bonds. The Labute approximate surface area is 222 Å². The van der Waals surface area contributed by atoms with Gasteiger partial charge in [0.05, 0.1) is 49.0 Å². The van der Waals surface area contributed by atoms with Crippen LogP contribution in [0.25, 0.3) is 10.9 Å². The smallest absolute Gasteiger partial charge is 0.337 e. The number of benzene rings is 1. The molecule has 12 heteroatoms. The summed E-state index contributed by atoms with van der Waals surface area (Å²) in [5, 5.41) is 41.8. The molecule has 208 valence electrons. The van der Waals surface area contributed by atoms with Gasteiger partial charge >= 0.3 is 5.97 Å². The third-order valence-corrected chi connectivity index (χ3v) is 8.77. The molecule has 1 aromatic carbocycles. The highest BCUT2D eigenvalue weighted by molar-refractivity contribution is 6.13. The molecule has 1 aromatic heterocycles. The first-order valence-electron chi connectivity index (χ1n) is 13.1. The first kappa shape index (κ1) is 25.1. The fourth-order valence-corrected chi connectivity index (χ4v) is 6.87. The molecule has 5 aliphatic rings. The summed E-state index contributed by atoms with van der Waals surface area (Å²) < 4.78 is 29.0. The number of nitrogens with zero attached hydrogens (tertiary/aromatic N) is 1. The number of aromatic amines is 1. The van der Waals surface area contributed by atoms with Gasteiger partial charge in [-0.1, -0.05) is 18.2 Å². The number of H-pyrrole nitrogens is 1. The number of aliphatic hydroxyl groups is 4. The Bertz CT molecular complexity index is 1370. The molecule has 3 fully saturated rings. The predicted octanol–water partition coefficient (Wildman–Crippen LogP) is -0.483. The summed E-state index contributed by atoms with van der Waals surface area (Å²) in [7, 11) is 1.30. The van der Waals surface area contributed by atoms with Gasteiger partial charge in [0.2, 0.25) is 6.29 Å². The van der Waals surface area contributed by atoms with E-state index in [4.69, 9.17) is 28.7 Å². The van der Waals surface area contributed by atoms with E-state index in [9.17, 15) is 25.2 Å². The Morgan fingerprint density at radius 3 is 2.79 bits per heavy atom. The van der Waals surface area contributed by atoms with E-state index in [0.29, 0.717) is 18.5 Å². The van der Waals surface area contributed by atoms with Gasteiger partial charge in [0.1, 0.15) is 30.0 Å². The maximum Gasteiger partial charge on any atom is 0.337 e. The number of aromatic nitrogens is 1. The number of fused-ring (bicyclic) bond motifs is 6. The minimum atomic E-state index is -1.61. The second-order valence-corrected chi connectivity index (χ2v) is 10.7. The molecule has 1 aliphatic carbocycles. The van der Waals surface area contributed by atoms with Crippen molar-refractivity contribution in [3.8, 4) is 0 Å². The van der Waals surface area contributed by atoms with E-state index in [-0.39, 0.29) is 12.0 Å². The fraction of sp³-hybridized carbons (Fsp3) is 0.556. The van der Waals surface area contributed by atoms with Crippen molar-refractivity contribution in [1.29, 1.82) is 0 Å². The van der Waals surface area contributed by atoms with Crippen molar-refractivity contribution in [3.05, 3.63) is 47.4 Å². The topological polar surface area (TPSA) is 176 Å². The molecule has 0 bridgehead atoms. The highest BCUT2D eigenvalue weighted by Gasteiger charge is 2.76. The van der Waals surface area contributed by atoms with E-state index in [1.165, 1.54) is 13.4 Å². The lowest BCUT2D eigenvalue weighted by Crippen LogP contribution is -2.60. The van der Waals surface area contributed by atoms with Crippen molar-refractivity contribution in [2.45, 2.75) is 61.5 Å². The van der Waals surface area contributed by atoms with E-state index < -0.39 is 61.1 Å². The minimum Gasteiger partial charge on any atom is -0.471 e. The Kier molecular flexibility index (Phi) is 5.87. The summed E-state index contributed by atoms with van der Waals surface area (Å²) in [6, 6.07) is 8.04. The zero-order valence-electron chi connectivity index (χ0n) is 21.1. The van der Waals surface area contributed by atoms with Gasteiger partial charge in [0.15, 0.2) is 6.29 Å². The van der Waals surface area contributed by atoms with Gasteiger partial charge < -0.3 is 49.1 Å². The number of aliphatic hydroxyl groups excluding tert-OH is 4. The van der Waals surface area contributed by atoms with Gasteiger partial charge in [-0.2, -0.15) is 0 Å². The lowest BCUT2D eigenvalue weighted by Gasteiger charge is -2.43. The van der Waals surface area contributed by atoms with Crippen LogP contribution in [0.3, 0.4) is 0 Å². The minimum absolute atomic E-state index is 0.265. The van der Waals surface area contributed by atoms with Crippen LogP contribution in [0.2, 0.25) is 0 Å². The van der Waals surface area contributed by atoms with Crippen molar-refractivity contribution < 1.29 is 48.9 Å². The number of aliphatic imine (C=N–C) groups is 1. The summed E-state index contributed by atoms with van der Waals surface area (Å²) in [6.07, 6.45) is -6.09. The summed E-state index contributed by atoms with van der Waals surface area (Å²) >= 11 is 0. The number of epoxide rings is 1. The molecular formula is C27H30N2O10. The zero-order chi connectivity index (χ0) is 27.1. The first-order chi connectivity index (χ1) is 18.9. The van der Waals surface area contributed by atoms with Crippen LogP contribution in [0, 0.1) is 11.8 Å². The van der Waals surface area contributed by atoms with Gasteiger partial charge in [0.25, 0.3) is 0 Å². The predicted molar refractivity (Wildman–Crippen MR) is 132 cm³/mol. The lowest BCUT2D eigenvalue weighted by atomic mass is 9.78. The molecule has 0 radical (unpaired) electrons. The van der Waals surface area contributed by atoms with E-state index in [1.54, 1.807) is 0 Å². The monoisotopic (exact) mass is 542 g/mol. The third kappa shape index (κ3) is 3.56. The van der Waals surface area contributed by atoms with E-state index >= 15 is 0 Å². The van der Waals surface area contributed by atoms with Crippen molar-refractivity contribution in [2.75, 3.05) is 20.3 Å². The first-order valence-corrected chi connectivity index (χ1v) is 13.1. The molecule has 10 atom stereocenters. The molecule has 7 rings (SSSR count). The van der Waals surface area contributed by atoms with Gasteiger partial charge in [-0.25, -0.2) is 4.79 Å². The summed E-state index contributed by atoms with van der Waals surface area (Å²) in [6.45, 7) is -0.0257. The lowest BCUT2D eigenvalue weighted by molar-refractivity contribution is -0.342. The van der Waals surface area contributed by atoms with Gasteiger partial charge in [-0.15, -0.1) is 0 Å². The Hall–Kier alpha value is -2.84. The van der Waals surface area contributed by atoms with Crippen LogP contribution in [0.15, 0.2) is 41.1 Å². The van der Waals surface area contributed by atoms with Crippen LogP contribution in [0.1, 0.15) is 17.7 Å². The van der Waals surface area contributed by atoms with E-state index in [1.807, 2.05) is 18.2 Å². The number of hydrogen-bond acceptors (Lipinski definition) is 11. The summed E-state index contributed by atoms with van der Waals surface area (Å²) in [5.74, 6) is -1.47. The fourth-order valence-electron chi connectivity index (χ4n) is 6.87. The van der Waals surface area contributed by atoms with Crippen molar-refractivity contribution in [3.63, 3.8) is 0 Å². The number of carbonyl (C=O) groups is 1. The molecular weight excluding hydrogens is 512 g/mol. The molecule has 4 aliphatic heterocycles. The van der Waals surface area contributed by atoms with Crippen LogP contribution in [-0.4, -0.2) is 106 Å². The van der Waals surface area contributed by atoms with Crippen LogP contribution >= 0.6 is 0 Å². The van der Waals surface area contributed by atoms with Crippen LogP contribution in [0.4, 0.5) is 0 Å². The molecule has 2 saturated heterocycles. The Morgan fingerprint density at radius 2 is 2.00 bits per heavy atom. The van der Waals surface area contributed by atoms with E-state index in [0.717, 1.165) is 34.3 Å². The van der Waals surface area contributed by atoms with Crippen molar-refractivity contribution >= 4 is 22.6 Å². The summed E-state index contributed by atoms with van der Waals surface area (Å²) in [4.78, 5) is 21.1. The summed E-state index contributed by atoms with van der Waals surface area (Å²) in [5.41, 5.74) is 3.16. The number of para-hydroxylation sites is 1. The molecule has 5 N–H and O–H groups in total. The molecule has 12 nitrogen and oxygen atoms in total. The maximum atomic E-state index is 12.7. The highest BCUT2D eigenvalue weighted by atomic mass is 16.8. The second kappa shape index (κ2) is 9.10. The molecule has 39 heavy (non-hydrogen) atoms. The second-order valence-electron chi connectivity index (χ2n) is 10.7. The van der Waals surface area contributed by atoms with Crippen LogP contribution in [0.5, 0.6) is 0 Å². The van der Waals surface area contributed by atoms with Crippen molar-refractivity contribution in [1.82, 2.24) is 4.98 Å². The Balaban J connectivity index is 1.27. The SMILES string of the molecule is COC(=O)C1=CO[C@@H](O[C@@H]2O[C@H](CO)[C@@H](O)[C@H](O)[C@H]2O)[C@H]2[C@@H]1C[C@@H]1O[C@]21C1=NCCc2c1[nH]c1ccccc21. The normalized spacial score (nSPS) is 40.6. The third-order valence-electron chi connectivity index (χ3n) is 8.77. The number of esters is 1. The molecule has 0 spiro atoms. The van der Waals surface area contributed by atoms with Crippen LogP contribution in [-0.2, 0) is 34.9 Å². The van der Waals surface area contributed by atoms with Gasteiger partial charge in [0, 0.05) is 23.4 Å². The number of nitrogens with one attached hydrogen (secondary N) is 1. The van der Waals surface area contributed by atoms with Gasteiger partial charge in [-0.05, 0) is 24.5 Å². The van der Waals surface area contributed by atoms with Crippen LogP contribution < -0.4 is 0 Å². The number of carbonyl (C=O) groups excluding carboxylic acids is 1. The molecule has 0 unspecified atom stereocenters. The number of ether oxygens (including phenoxy) is 5. The zero-order valence-corrected chi connectivity index (χ0v) is 21.1. The molecule has 1 saturated carbocycles. The Morgan fingerprint density at radius 1 is 1.18 bits per heavy atom. The van der Waals surface area contributed by atoms with Gasteiger partial charge in [-0.3, -0.25) is 4.99 Å². The number of rotatable bonds is 5. The maximum absolute atomic E-state index is 12.7. The number of methoxy groups -OCH3 is 1. The molecule has 5 heterocycles. The quantitative estimate of drug-likeness (QED) is 0.245. The standard InChI is InChI=1S/C27H30N2O10/c1-35-24(34)14-10-36-25(38-26-22(33)21(32)20(31)16(9-30)37-26)18-13(14)8-17-27(18,39-17)23-19-12(6-7-28-23)11-4-2-3-5-15(11)29-19/h2-5,10,13,16-18,20-22,25-26,29-33H,6-9H2,1H3/t13-,16-,17+,18-,20-,21+,22-,25+,26+,27+/m1/s1. The largest absolute Gasteiger partial charge is 0.471 e. The average molecular weight is 543 g/mol. The number of hydrogen-bond donors (Lipinski definition) is 5. The van der Waals surface area contributed by atoms with Crippen molar-refractivity contribution in [2.24, 2.45) is 16.8 Å². The molecule has 2 aromatic rings. The highest BCUT2D eigenvalue weighted by Crippen LogP contribution is 2.63. The van der Waals surface area contributed by atoms with E-state index in [2.05, 4.69) is 11.1 Å². The average Bonchev–Trinajstić information content (AvgIpc) is 3.38.